The van der Waals surface area contributed by atoms with Gasteiger partial charge in [0, 0.05) is 11.3 Å². The van der Waals surface area contributed by atoms with E-state index in [4.69, 9.17) is 9.15 Å². The molecule has 0 bridgehead atoms. The Labute approximate surface area is 186 Å². The number of carbonyl (C=O) groups excluding carboxylic acids is 2. The third-order valence-electron chi connectivity index (χ3n) is 5.87. The highest BCUT2D eigenvalue weighted by Crippen LogP contribution is 2.44. The van der Waals surface area contributed by atoms with Gasteiger partial charge in [0.15, 0.2) is 0 Å². The van der Waals surface area contributed by atoms with Gasteiger partial charge in [0.05, 0.1) is 18.9 Å². The van der Waals surface area contributed by atoms with Crippen molar-refractivity contribution in [3.8, 4) is 5.75 Å². The first-order chi connectivity index (χ1) is 15.2. The highest BCUT2D eigenvalue weighted by molar-refractivity contribution is 6.51. The minimum atomic E-state index is -0.881. The summed E-state index contributed by atoms with van der Waals surface area (Å²) in [6, 6.07) is 11.7. The molecule has 1 aliphatic heterocycles. The van der Waals surface area contributed by atoms with Crippen LogP contribution in [0.1, 0.15) is 39.6 Å². The zero-order chi connectivity index (χ0) is 23.2. The second-order valence-electron chi connectivity index (χ2n) is 8.11. The smallest absolute Gasteiger partial charge is 0.300 e. The number of ketones is 1. The van der Waals surface area contributed by atoms with Crippen molar-refractivity contribution in [3.63, 3.8) is 0 Å². The number of hydrogen-bond donors (Lipinski definition) is 1. The number of Topliss-reactive ketones (excluding diaryl/α,β-unsaturated/α-hetero) is 1. The van der Waals surface area contributed by atoms with E-state index in [2.05, 4.69) is 0 Å². The van der Waals surface area contributed by atoms with Crippen molar-refractivity contribution < 1.29 is 23.8 Å². The molecule has 1 unspecified atom stereocenters. The SMILES string of the molecule is COc1cc(C)c(/C(O)=C2/C(=O)C(=O)N(c3ccc(C)cc3C)C2c2ccco2)cc1C. The van der Waals surface area contributed by atoms with Crippen LogP contribution < -0.4 is 9.64 Å². The lowest BCUT2D eigenvalue weighted by molar-refractivity contribution is -0.132. The summed E-state index contributed by atoms with van der Waals surface area (Å²) >= 11 is 0. The van der Waals surface area contributed by atoms with Crippen LogP contribution in [0.4, 0.5) is 5.69 Å². The van der Waals surface area contributed by atoms with Gasteiger partial charge in [-0.05, 0) is 74.7 Å². The quantitative estimate of drug-likeness (QED) is 0.351. The van der Waals surface area contributed by atoms with Crippen LogP contribution in [0.5, 0.6) is 5.75 Å². The number of aliphatic hydroxyl groups is 1. The maximum absolute atomic E-state index is 13.2. The summed E-state index contributed by atoms with van der Waals surface area (Å²) in [4.78, 5) is 27.9. The fourth-order valence-corrected chi connectivity index (χ4v) is 4.28. The maximum Gasteiger partial charge on any atom is 0.300 e. The average molecular weight is 431 g/mol. The molecule has 1 saturated heterocycles. The van der Waals surface area contributed by atoms with E-state index in [-0.39, 0.29) is 11.3 Å². The van der Waals surface area contributed by atoms with Gasteiger partial charge in [-0.3, -0.25) is 14.5 Å². The van der Waals surface area contributed by atoms with Gasteiger partial charge in [0.2, 0.25) is 0 Å². The molecule has 2 aromatic carbocycles. The molecule has 1 amide bonds. The topological polar surface area (TPSA) is 80.0 Å². The van der Waals surface area contributed by atoms with Gasteiger partial charge < -0.3 is 14.3 Å². The standard InChI is InChI=1S/C26H25NO5/c1-14-8-9-19(16(3)11-14)27-23(20-7-6-10-32-20)22(25(29)26(27)30)24(28)18-12-17(4)21(31-5)13-15(18)2/h6-13,23,28H,1-5H3/b24-22-. The lowest BCUT2D eigenvalue weighted by Gasteiger charge is -2.25. The molecule has 4 rings (SSSR count). The van der Waals surface area contributed by atoms with Gasteiger partial charge in [-0.1, -0.05) is 17.7 Å². The largest absolute Gasteiger partial charge is 0.507 e. The molecule has 1 aliphatic rings. The molecule has 0 saturated carbocycles. The molecular formula is C26H25NO5. The van der Waals surface area contributed by atoms with E-state index in [9.17, 15) is 14.7 Å². The number of ether oxygens (including phenoxy) is 1. The van der Waals surface area contributed by atoms with Crippen molar-refractivity contribution in [2.24, 2.45) is 0 Å². The second kappa shape index (κ2) is 8.04. The number of aliphatic hydroxyl groups excluding tert-OH is 1. The number of benzene rings is 2. The Morgan fingerprint density at radius 1 is 1.00 bits per heavy atom. The predicted molar refractivity (Wildman–Crippen MR) is 122 cm³/mol. The van der Waals surface area contributed by atoms with Crippen LogP contribution in [0.25, 0.3) is 5.76 Å². The van der Waals surface area contributed by atoms with Crippen molar-refractivity contribution >= 4 is 23.1 Å². The Bertz CT molecular complexity index is 1250. The molecule has 0 spiro atoms. The van der Waals surface area contributed by atoms with E-state index in [0.717, 1.165) is 22.3 Å². The number of nitrogens with zero attached hydrogens (tertiary/aromatic N) is 1. The summed E-state index contributed by atoms with van der Waals surface area (Å²) < 4.78 is 11.0. The molecule has 32 heavy (non-hydrogen) atoms. The predicted octanol–water partition coefficient (Wildman–Crippen LogP) is 5.15. The summed E-state index contributed by atoms with van der Waals surface area (Å²) in [5.74, 6) is -0.620. The van der Waals surface area contributed by atoms with Crippen LogP contribution in [0.15, 0.2) is 58.7 Å². The third-order valence-corrected chi connectivity index (χ3v) is 5.87. The Morgan fingerprint density at radius 3 is 2.38 bits per heavy atom. The van der Waals surface area contributed by atoms with Crippen LogP contribution >= 0.6 is 0 Å². The molecule has 6 heteroatoms. The van der Waals surface area contributed by atoms with Crippen LogP contribution in [0, 0.1) is 27.7 Å². The molecule has 0 aliphatic carbocycles. The van der Waals surface area contributed by atoms with Crippen LogP contribution in [-0.2, 0) is 9.59 Å². The molecule has 6 nitrogen and oxygen atoms in total. The minimum Gasteiger partial charge on any atom is -0.507 e. The normalized spacial score (nSPS) is 17.8. The molecule has 1 fully saturated rings. The molecule has 3 aromatic rings. The van der Waals surface area contributed by atoms with Crippen molar-refractivity contribution in [1.82, 2.24) is 0 Å². The number of hydrogen-bond acceptors (Lipinski definition) is 5. The van der Waals surface area contributed by atoms with Gasteiger partial charge in [-0.15, -0.1) is 0 Å². The third kappa shape index (κ3) is 3.38. The highest BCUT2D eigenvalue weighted by atomic mass is 16.5. The first-order valence-electron chi connectivity index (χ1n) is 10.3. The van der Waals surface area contributed by atoms with Gasteiger partial charge in [-0.25, -0.2) is 0 Å². The van der Waals surface area contributed by atoms with E-state index < -0.39 is 17.7 Å². The van der Waals surface area contributed by atoms with E-state index in [0.29, 0.717) is 22.8 Å². The molecule has 1 atom stereocenters. The lowest BCUT2D eigenvalue weighted by Crippen LogP contribution is -2.30. The van der Waals surface area contributed by atoms with Gasteiger partial charge >= 0.3 is 0 Å². The Balaban J connectivity index is 1.96. The maximum atomic E-state index is 13.2. The number of carbonyl (C=O) groups is 2. The first kappa shape index (κ1) is 21.4. The zero-order valence-electron chi connectivity index (χ0n) is 18.7. The van der Waals surface area contributed by atoms with E-state index in [1.54, 1.807) is 31.4 Å². The van der Waals surface area contributed by atoms with Gasteiger partial charge in [0.1, 0.15) is 23.3 Å². The second-order valence-corrected chi connectivity index (χ2v) is 8.11. The molecular weight excluding hydrogens is 406 g/mol. The summed E-state index contributed by atoms with van der Waals surface area (Å²) in [5.41, 5.74) is 4.48. The number of methoxy groups -OCH3 is 1. The monoisotopic (exact) mass is 431 g/mol. The molecule has 0 radical (unpaired) electrons. The van der Waals surface area contributed by atoms with Crippen LogP contribution in [0.3, 0.4) is 0 Å². The zero-order valence-corrected chi connectivity index (χ0v) is 18.7. The summed E-state index contributed by atoms with van der Waals surface area (Å²) in [6.45, 7) is 7.52. The van der Waals surface area contributed by atoms with Crippen molar-refractivity contribution in [1.29, 1.82) is 0 Å². The highest BCUT2D eigenvalue weighted by Gasteiger charge is 2.48. The Kier molecular flexibility index (Phi) is 5.38. The number of aryl methyl sites for hydroxylation is 4. The van der Waals surface area contributed by atoms with E-state index in [1.165, 1.54) is 11.2 Å². The summed E-state index contributed by atoms with van der Waals surface area (Å²) in [6.07, 6.45) is 1.49. The Morgan fingerprint density at radius 2 is 1.75 bits per heavy atom. The molecule has 1 N–H and O–H groups in total. The number of amides is 1. The van der Waals surface area contributed by atoms with Crippen LogP contribution in [-0.4, -0.2) is 23.9 Å². The van der Waals surface area contributed by atoms with E-state index in [1.807, 2.05) is 45.9 Å². The van der Waals surface area contributed by atoms with E-state index >= 15 is 0 Å². The first-order valence-corrected chi connectivity index (χ1v) is 10.3. The van der Waals surface area contributed by atoms with Crippen LogP contribution in [0.2, 0.25) is 0 Å². The number of rotatable bonds is 4. The average Bonchev–Trinajstić information content (AvgIpc) is 3.37. The summed E-state index contributed by atoms with van der Waals surface area (Å²) in [7, 11) is 1.58. The number of anilines is 1. The fourth-order valence-electron chi connectivity index (χ4n) is 4.28. The van der Waals surface area contributed by atoms with Crippen molar-refractivity contribution in [2.75, 3.05) is 12.0 Å². The van der Waals surface area contributed by atoms with Crippen molar-refractivity contribution in [3.05, 3.63) is 87.9 Å². The fraction of sp³-hybridized carbons (Fsp3) is 0.231. The van der Waals surface area contributed by atoms with Gasteiger partial charge in [-0.2, -0.15) is 0 Å². The van der Waals surface area contributed by atoms with Crippen molar-refractivity contribution in [2.45, 2.75) is 33.7 Å². The number of furan rings is 1. The van der Waals surface area contributed by atoms with Gasteiger partial charge in [0.25, 0.3) is 11.7 Å². The molecule has 164 valence electrons. The minimum absolute atomic E-state index is 0.00223. The Hall–Kier alpha value is -3.80. The molecule has 1 aromatic heterocycles. The molecule has 2 heterocycles. The lowest BCUT2D eigenvalue weighted by atomic mass is 9.95. The summed E-state index contributed by atoms with van der Waals surface area (Å²) in [5, 5.41) is 11.3.